The molecule has 2 heterocycles. The maximum Gasteiger partial charge on any atom is 0.201 e. The predicted molar refractivity (Wildman–Crippen MR) is 79.2 cm³/mol. The van der Waals surface area contributed by atoms with E-state index in [1.165, 1.54) is 12.8 Å². The lowest BCUT2D eigenvalue weighted by Gasteiger charge is -2.34. The van der Waals surface area contributed by atoms with E-state index in [-0.39, 0.29) is 5.41 Å². The maximum atomic E-state index is 6.01. The number of nitrogens with one attached hydrogen (secondary N) is 1. The minimum absolute atomic E-state index is 0.0720. The van der Waals surface area contributed by atoms with Gasteiger partial charge < -0.3 is 14.5 Å². The van der Waals surface area contributed by atoms with E-state index >= 15 is 0 Å². The van der Waals surface area contributed by atoms with Crippen molar-refractivity contribution in [3.05, 3.63) is 24.1 Å². The summed E-state index contributed by atoms with van der Waals surface area (Å²) in [5.41, 5.74) is 1.55. The van der Waals surface area contributed by atoms with Gasteiger partial charge in [0.25, 0.3) is 0 Å². The summed E-state index contributed by atoms with van der Waals surface area (Å²) in [7, 11) is 1.67. The molecule has 1 saturated heterocycles. The number of rotatable bonds is 3. The van der Waals surface area contributed by atoms with Gasteiger partial charge in [-0.3, -0.25) is 0 Å². The van der Waals surface area contributed by atoms with E-state index < -0.39 is 0 Å². The summed E-state index contributed by atoms with van der Waals surface area (Å²) in [4.78, 5) is 4.71. The van der Waals surface area contributed by atoms with Gasteiger partial charge in [-0.15, -0.1) is 0 Å². The Morgan fingerprint density at radius 2 is 2.25 bits per heavy atom. The van der Waals surface area contributed by atoms with Crippen LogP contribution in [0.25, 0.3) is 11.1 Å². The van der Waals surface area contributed by atoms with Gasteiger partial charge in [0.15, 0.2) is 11.1 Å². The zero-order valence-electron chi connectivity index (χ0n) is 12.4. The van der Waals surface area contributed by atoms with Crippen molar-refractivity contribution in [1.82, 2.24) is 10.3 Å². The zero-order valence-corrected chi connectivity index (χ0v) is 12.4. The van der Waals surface area contributed by atoms with E-state index in [0.29, 0.717) is 5.92 Å². The second kappa shape index (κ2) is 5.09. The first-order chi connectivity index (χ1) is 9.63. The molecule has 20 heavy (non-hydrogen) atoms. The average molecular weight is 274 g/mol. The molecule has 0 bridgehead atoms. The third-order valence-electron chi connectivity index (χ3n) is 4.47. The highest BCUT2D eigenvalue weighted by molar-refractivity contribution is 5.79. The summed E-state index contributed by atoms with van der Waals surface area (Å²) in [6, 6.07) is 5.80. The first-order valence-corrected chi connectivity index (χ1v) is 7.27. The summed E-state index contributed by atoms with van der Waals surface area (Å²) in [5.74, 6) is 2.14. The number of para-hydroxylation sites is 1. The van der Waals surface area contributed by atoms with Gasteiger partial charge in [0.2, 0.25) is 5.89 Å². The van der Waals surface area contributed by atoms with E-state index in [1.54, 1.807) is 7.11 Å². The molecule has 1 aromatic carbocycles. The summed E-state index contributed by atoms with van der Waals surface area (Å²) in [5, 5.41) is 3.47. The van der Waals surface area contributed by atoms with Gasteiger partial charge in [0.1, 0.15) is 5.75 Å². The van der Waals surface area contributed by atoms with Gasteiger partial charge in [0, 0.05) is 5.41 Å². The zero-order chi connectivity index (χ0) is 14.2. The summed E-state index contributed by atoms with van der Waals surface area (Å²) >= 11 is 0. The highest BCUT2D eigenvalue weighted by atomic mass is 16.5. The Labute approximate surface area is 119 Å². The summed E-state index contributed by atoms with van der Waals surface area (Å²) < 4.78 is 11.4. The SMILES string of the molecule is COc1cccc2oc(C(C)(C)C3CCCNC3)nc12. The lowest BCUT2D eigenvalue weighted by atomic mass is 9.75. The van der Waals surface area contributed by atoms with Crippen LogP contribution >= 0.6 is 0 Å². The molecule has 0 aliphatic carbocycles. The van der Waals surface area contributed by atoms with Crippen LogP contribution in [0.1, 0.15) is 32.6 Å². The number of methoxy groups -OCH3 is 1. The largest absolute Gasteiger partial charge is 0.494 e. The van der Waals surface area contributed by atoms with Crippen molar-refractivity contribution in [2.24, 2.45) is 5.92 Å². The molecule has 3 rings (SSSR count). The molecular formula is C16H22N2O2. The van der Waals surface area contributed by atoms with Crippen LogP contribution in [0, 0.1) is 5.92 Å². The van der Waals surface area contributed by atoms with Crippen molar-refractivity contribution in [1.29, 1.82) is 0 Å². The minimum Gasteiger partial charge on any atom is -0.494 e. The van der Waals surface area contributed by atoms with Crippen LogP contribution in [0.3, 0.4) is 0 Å². The molecule has 1 unspecified atom stereocenters. The molecule has 4 nitrogen and oxygen atoms in total. The smallest absolute Gasteiger partial charge is 0.201 e. The number of benzene rings is 1. The highest BCUT2D eigenvalue weighted by Gasteiger charge is 2.36. The Morgan fingerprint density at radius 1 is 1.40 bits per heavy atom. The predicted octanol–water partition coefficient (Wildman–Crippen LogP) is 3.11. The molecule has 1 atom stereocenters. The number of piperidine rings is 1. The van der Waals surface area contributed by atoms with Crippen molar-refractivity contribution in [2.45, 2.75) is 32.1 Å². The van der Waals surface area contributed by atoms with Crippen LogP contribution in [0.5, 0.6) is 5.75 Å². The van der Waals surface area contributed by atoms with Crippen molar-refractivity contribution in [2.75, 3.05) is 20.2 Å². The second-order valence-corrected chi connectivity index (χ2v) is 6.09. The van der Waals surface area contributed by atoms with Crippen molar-refractivity contribution >= 4 is 11.1 Å². The Hall–Kier alpha value is -1.55. The Bertz CT molecular complexity index is 598. The molecule has 0 spiro atoms. The number of aromatic nitrogens is 1. The van der Waals surface area contributed by atoms with Gasteiger partial charge in [-0.2, -0.15) is 0 Å². The number of oxazole rings is 1. The number of ether oxygens (including phenoxy) is 1. The number of hydrogen-bond donors (Lipinski definition) is 1. The highest BCUT2D eigenvalue weighted by Crippen LogP contribution is 2.37. The molecule has 108 valence electrons. The van der Waals surface area contributed by atoms with E-state index in [4.69, 9.17) is 14.1 Å². The van der Waals surface area contributed by atoms with Gasteiger partial charge in [0.05, 0.1) is 7.11 Å². The van der Waals surface area contributed by atoms with Gasteiger partial charge in [-0.1, -0.05) is 19.9 Å². The molecule has 1 N–H and O–H groups in total. The molecule has 4 heteroatoms. The lowest BCUT2D eigenvalue weighted by Crippen LogP contribution is -2.40. The lowest BCUT2D eigenvalue weighted by molar-refractivity contribution is 0.215. The number of fused-ring (bicyclic) bond motifs is 1. The Balaban J connectivity index is 2.00. The Morgan fingerprint density at radius 3 is 2.95 bits per heavy atom. The summed E-state index contributed by atoms with van der Waals surface area (Å²) in [6.45, 7) is 6.60. The topological polar surface area (TPSA) is 47.3 Å². The first-order valence-electron chi connectivity index (χ1n) is 7.27. The monoisotopic (exact) mass is 274 g/mol. The van der Waals surface area contributed by atoms with Crippen molar-refractivity contribution in [3.8, 4) is 5.75 Å². The molecular weight excluding hydrogens is 252 g/mol. The number of hydrogen-bond acceptors (Lipinski definition) is 4. The molecule has 1 aliphatic heterocycles. The molecule has 0 saturated carbocycles. The second-order valence-electron chi connectivity index (χ2n) is 6.09. The van der Waals surface area contributed by atoms with Gasteiger partial charge in [-0.25, -0.2) is 4.98 Å². The third kappa shape index (κ3) is 2.18. The van der Waals surface area contributed by atoms with E-state index in [1.807, 2.05) is 18.2 Å². The van der Waals surface area contributed by atoms with Crippen LogP contribution in [0.15, 0.2) is 22.6 Å². The standard InChI is InChI=1S/C16H22N2O2/c1-16(2,11-6-5-9-17-10-11)15-18-14-12(19-3)7-4-8-13(14)20-15/h4,7-8,11,17H,5-6,9-10H2,1-3H3. The van der Waals surface area contributed by atoms with Gasteiger partial charge in [-0.05, 0) is 44.0 Å². The van der Waals surface area contributed by atoms with Gasteiger partial charge >= 0.3 is 0 Å². The van der Waals surface area contributed by atoms with E-state index in [2.05, 4.69) is 19.2 Å². The van der Waals surface area contributed by atoms with E-state index in [0.717, 1.165) is 35.8 Å². The Kier molecular flexibility index (Phi) is 3.42. The normalized spacial score (nSPS) is 20.2. The molecule has 1 fully saturated rings. The van der Waals surface area contributed by atoms with Crippen molar-refractivity contribution in [3.63, 3.8) is 0 Å². The first kappa shape index (κ1) is 13.4. The molecule has 0 radical (unpaired) electrons. The van der Waals surface area contributed by atoms with Crippen LogP contribution in [0.4, 0.5) is 0 Å². The van der Waals surface area contributed by atoms with Crippen molar-refractivity contribution < 1.29 is 9.15 Å². The average Bonchev–Trinajstić information content (AvgIpc) is 2.93. The fourth-order valence-electron chi connectivity index (χ4n) is 3.01. The molecule has 0 amide bonds. The fourth-order valence-corrected chi connectivity index (χ4v) is 3.01. The molecule has 1 aliphatic rings. The summed E-state index contributed by atoms with van der Waals surface area (Å²) in [6.07, 6.45) is 2.44. The molecule has 2 aromatic rings. The number of nitrogens with zero attached hydrogens (tertiary/aromatic N) is 1. The third-order valence-corrected chi connectivity index (χ3v) is 4.47. The van der Waals surface area contributed by atoms with Crippen LogP contribution in [-0.2, 0) is 5.41 Å². The fraction of sp³-hybridized carbons (Fsp3) is 0.562. The van der Waals surface area contributed by atoms with Crippen LogP contribution < -0.4 is 10.1 Å². The maximum absolute atomic E-state index is 6.01. The quantitative estimate of drug-likeness (QED) is 0.934. The minimum atomic E-state index is -0.0720. The van der Waals surface area contributed by atoms with Crippen LogP contribution in [-0.4, -0.2) is 25.2 Å². The molecule has 1 aromatic heterocycles. The van der Waals surface area contributed by atoms with Crippen LogP contribution in [0.2, 0.25) is 0 Å². The van der Waals surface area contributed by atoms with E-state index in [9.17, 15) is 0 Å².